The monoisotopic (exact) mass is 176 g/mol. The molecule has 0 saturated heterocycles. The van der Waals surface area contributed by atoms with Crippen LogP contribution in [0.5, 0.6) is 0 Å². The highest BCUT2D eigenvalue weighted by atomic mass is 16.5. The molecule has 0 heterocycles. The van der Waals surface area contributed by atoms with E-state index in [9.17, 15) is 0 Å². The van der Waals surface area contributed by atoms with E-state index in [-0.39, 0.29) is 5.60 Å². The Kier molecular flexibility index (Phi) is 6.34. The number of hydrogen-bond donors (Lipinski definition) is 0. The summed E-state index contributed by atoms with van der Waals surface area (Å²) in [6.07, 6.45) is 0. The van der Waals surface area contributed by atoms with E-state index >= 15 is 0 Å². The normalized spacial score (nSPS) is 12.0. The second kappa shape index (κ2) is 6.40. The van der Waals surface area contributed by atoms with Gasteiger partial charge in [-0.05, 0) is 20.8 Å². The lowest BCUT2D eigenvalue weighted by atomic mass is 10.2. The average Bonchev–Trinajstić information content (AvgIpc) is 1.94. The first-order valence-corrected chi connectivity index (χ1v) is 4.27. The average molecular weight is 176 g/mol. The van der Waals surface area contributed by atoms with Gasteiger partial charge in [0.25, 0.3) is 0 Å². The Morgan fingerprint density at radius 2 is 1.50 bits per heavy atom. The third-order valence-electron chi connectivity index (χ3n) is 1.19. The van der Waals surface area contributed by atoms with Crippen LogP contribution >= 0.6 is 0 Å². The van der Waals surface area contributed by atoms with E-state index in [1.54, 1.807) is 7.11 Å². The maximum Gasteiger partial charge on any atom is 0.0707 e. The molecule has 0 fully saturated rings. The minimum absolute atomic E-state index is 0.0649. The van der Waals surface area contributed by atoms with Crippen molar-refractivity contribution >= 4 is 0 Å². The number of hydrogen-bond acceptors (Lipinski definition) is 3. The van der Waals surface area contributed by atoms with E-state index < -0.39 is 0 Å². The van der Waals surface area contributed by atoms with Crippen LogP contribution in [0, 0.1) is 0 Å². The minimum atomic E-state index is -0.0649. The van der Waals surface area contributed by atoms with Gasteiger partial charge in [0, 0.05) is 7.11 Å². The molecule has 74 valence electrons. The molecule has 0 N–H and O–H groups in total. The Hall–Kier alpha value is -0.120. The topological polar surface area (TPSA) is 27.7 Å². The van der Waals surface area contributed by atoms with Crippen molar-refractivity contribution in [2.75, 3.05) is 33.5 Å². The fraction of sp³-hybridized carbons (Fsp3) is 1.00. The Bertz CT molecular complexity index is 96.4. The molecule has 0 aliphatic carbocycles. The maximum atomic E-state index is 5.44. The SMILES string of the molecule is COCCOCCOC(C)(C)C. The molecule has 0 rings (SSSR count). The molecule has 0 spiro atoms. The molecule has 0 atom stereocenters. The number of methoxy groups -OCH3 is 1. The lowest BCUT2D eigenvalue weighted by molar-refractivity contribution is -0.0402. The molecule has 3 heteroatoms. The van der Waals surface area contributed by atoms with Gasteiger partial charge in [0.05, 0.1) is 32.0 Å². The van der Waals surface area contributed by atoms with Gasteiger partial charge in [0.15, 0.2) is 0 Å². The third kappa shape index (κ3) is 9.88. The third-order valence-corrected chi connectivity index (χ3v) is 1.19. The van der Waals surface area contributed by atoms with Gasteiger partial charge >= 0.3 is 0 Å². The molecule has 0 aromatic carbocycles. The summed E-state index contributed by atoms with van der Waals surface area (Å²) < 4.78 is 15.5. The zero-order valence-corrected chi connectivity index (χ0v) is 8.55. The first-order chi connectivity index (χ1) is 5.56. The van der Waals surface area contributed by atoms with Gasteiger partial charge in [0.2, 0.25) is 0 Å². The smallest absolute Gasteiger partial charge is 0.0707 e. The largest absolute Gasteiger partial charge is 0.382 e. The molecule has 3 nitrogen and oxygen atoms in total. The van der Waals surface area contributed by atoms with Crippen molar-refractivity contribution in [3.05, 3.63) is 0 Å². The van der Waals surface area contributed by atoms with Crippen LogP contribution in [-0.2, 0) is 14.2 Å². The fourth-order valence-electron chi connectivity index (χ4n) is 0.651. The Balaban J connectivity index is 3.01. The summed E-state index contributed by atoms with van der Waals surface area (Å²) in [5.41, 5.74) is -0.0649. The van der Waals surface area contributed by atoms with Crippen LogP contribution in [0.1, 0.15) is 20.8 Å². The van der Waals surface area contributed by atoms with E-state index in [0.29, 0.717) is 26.4 Å². The molecule has 0 saturated carbocycles. The van der Waals surface area contributed by atoms with Gasteiger partial charge in [0.1, 0.15) is 0 Å². The second-order valence-corrected chi connectivity index (χ2v) is 3.57. The lowest BCUT2D eigenvalue weighted by Crippen LogP contribution is -2.22. The van der Waals surface area contributed by atoms with Crippen LogP contribution in [-0.4, -0.2) is 39.1 Å². The van der Waals surface area contributed by atoms with E-state index in [2.05, 4.69) is 0 Å². The van der Waals surface area contributed by atoms with Gasteiger partial charge in [-0.15, -0.1) is 0 Å². The van der Waals surface area contributed by atoms with Crippen molar-refractivity contribution in [1.29, 1.82) is 0 Å². The summed E-state index contributed by atoms with van der Waals surface area (Å²) in [5.74, 6) is 0. The highest BCUT2D eigenvalue weighted by molar-refractivity contribution is 4.57. The van der Waals surface area contributed by atoms with Gasteiger partial charge in [-0.3, -0.25) is 0 Å². The van der Waals surface area contributed by atoms with Crippen LogP contribution in [0.3, 0.4) is 0 Å². The molecule has 0 radical (unpaired) electrons. The molecular formula is C9H20O3. The summed E-state index contributed by atoms with van der Waals surface area (Å²) in [4.78, 5) is 0. The van der Waals surface area contributed by atoms with E-state index in [1.807, 2.05) is 20.8 Å². The lowest BCUT2D eigenvalue weighted by Gasteiger charge is -2.19. The van der Waals surface area contributed by atoms with Crippen LogP contribution in [0.15, 0.2) is 0 Å². The highest BCUT2D eigenvalue weighted by Gasteiger charge is 2.08. The molecule has 0 aliphatic rings. The minimum Gasteiger partial charge on any atom is -0.382 e. The first kappa shape index (κ1) is 11.9. The summed E-state index contributed by atoms with van der Waals surface area (Å²) in [5, 5.41) is 0. The second-order valence-electron chi connectivity index (χ2n) is 3.57. The van der Waals surface area contributed by atoms with E-state index in [1.165, 1.54) is 0 Å². The fourth-order valence-corrected chi connectivity index (χ4v) is 0.651. The Labute approximate surface area is 75.0 Å². The summed E-state index contributed by atoms with van der Waals surface area (Å²) >= 11 is 0. The van der Waals surface area contributed by atoms with Crippen LogP contribution in [0.4, 0.5) is 0 Å². The standard InChI is InChI=1S/C9H20O3/c1-9(2,3)12-8-7-11-6-5-10-4/h5-8H2,1-4H3. The number of rotatable bonds is 6. The van der Waals surface area contributed by atoms with E-state index in [0.717, 1.165) is 0 Å². The number of ether oxygens (including phenoxy) is 3. The summed E-state index contributed by atoms with van der Waals surface area (Å²) in [7, 11) is 1.66. The first-order valence-electron chi connectivity index (χ1n) is 4.27. The molecule has 0 bridgehead atoms. The summed E-state index contributed by atoms with van der Waals surface area (Å²) in [6, 6.07) is 0. The van der Waals surface area contributed by atoms with Crippen molar-refractivity contribution in [1.82, 2.24) is 0 Å². The molecule has 0 aliphatic heterocycles. The predicted molar refractivity (Wildman–Crippen MR) is 48.4 cm³/mol. The highest BCUT2D eigenvalue weighted by Crippen LogP contribution is 2.05. The van der Waals surface area contributed by atoms with Gasteiger partial charge in [-0.25, -0.2) is 0 Å². The molecule has 12 heavy (non-hydrogen) atoms. The van der Waals surface area contributed by atoms with Gasteiger partial charge < -0.3 is 14.2 Å². The van der Waals surface area contributed by atoms with Crippen molar-refractivity contribution in [2.24, 2.45) is 0 Å². The molecule has 0 amide bonds. The van der Waals surface area contributed by atoms with Crippen molar-refractivity contribution < 1.29 is 14.2 Å². The van der Waals surface area contributed by atoms with Crippen LogP contribution in [0.2, 0.25) is 0 Å². The molecular weight excluding hydrogens is 156 g/mol. The zero-order chi connectivity index (χ0) is 9.45. The van der Waals surface area contributed by atoms with Crippen LogP contribution in [0.25, 0.3) is 0 Å². The zero-order valence-electron chi connectivity index (χ0n) is 8.55. The van der Waals surface area contributed by atoms with Gasteiger partial charge in [-0.1, -0.05) is 0 Å². The van der Waals surface area contributed by atoms with E-state index in [4.69, 9.17) is 14.2 Å². The molecule has 0 aromatic heterocycles. The Morgan fingerprint density at radius 3 is 2.00 bits per heavy atom. The molecule has 0 unspecified atom stereocenters. The van der Waals surface area contributed by atoms with Crippen LogP contribution < -0.4 is 0 Å². The summed E-state index contributed by atoms with van der Waals surface area (Å²) in [6.45, 7) is 8.67. The van der Waals surface area contributed by atoms with Crippen molar-refractivity contribution in [2.45, 2.75) is 26.4 Å². The predicted octanol–water partition coefficient (Wildman–Crippen LogP) is 1.46. The van der Waals surface area contributed by atoms with Crippen molar-refractivity contribution in [3.63, 3.8) is 0 Å². The van der Waals surface area contributed by atoms with Crippen molar-refractivity contribution in [3.8, 4) is 0 Å². The van der Waals surface area contributed by atoms with Gasteiger partial charge in [-0.2, -0.15) is 0 Å². The Morgan fingerprint density at radius 1 is 0.917 bits per heavy atom. The molecule has 0 aromatic rings. The maximum absolute atomic E-state index is 5.44. The quantitative estimate of drug-likeness (QED) is 0.573.